The second-order valence-electron chi connectivity index (χ2n) is 4.32. The Morgan fingerprint density at radius 2 is 1.88 bits per heavy atom. The minimum atomic E-state index is -4.29. The topological polar surface area (TPSA) is 46.2 Å². The Labute approximate surface area is 93.3 Å². The fourth-order valence-electron chi connectivity index (χ4n) is 1.65. The second kappa shape index (κ2) is 4.18. The Kier molecular flexibility index (Phi) is 3.59. The fourth-order valence-corrected chi connectivity index (χ4v) is 2.73. The molecule has 16 heavy (non-hydrogen) atoms. The van der Waals surface area contributed by atoms with Crippen LogP contribution in [0, 0.1) is 0 Å². The van der Waals surface area contributed by atoms with Gasteiger partial charge in [-0.2, -0.15) is 13.2 Å². The van der Waals surface area contributed by atoms with E-state index in [0.717, 1.165) is 0 Å². The lowest BCUT2D eigenvalue weighted by atomic mass is 10.2. The van der Waals surface area contributed by atoms with Gasteiger partial charge in [0.15, 0.2) is 9.84 Å². The van der Waals surface area contributed by atoms with Crippen LogP contribution >= 0.6 is 0 Å². The predicted octanol–water partition coefficient (Wildman–Crippen LogP) is 1.49. The maximum absolute atomic E-state index is 12.6. The van der Waals surface area contributed by atoms with Gasteiger partial charge in [-0.25, -0.2) is 8.42 Å². The molecular formula is C9H16F3NO2S. The second-order valence-corrected chi connectivity index (χ2v) is 6.72. The van der Waals surface area contributed by atoms with Crippen LogP contribution in [0.4, 0.5) is 13.2 Å². The molecule has 0 bridgehead atoms. The lowest BCUT2D eigenvalue weighted by Gasteiger charge is -2.24. The monoisotopic (exact) mass is 259 g/mol. The first-order valence-corrected chi connectivity index (χ1v) is 6.99. The smallest absolute Gasteiger partial charge is 0.300 e. The van der Waals surface area contributed by atoms with Gasteiger partial charge in [0, 0.05) is 11.8 Å². The van der Waals surface area contributed by atoms with E-state index in [4.69, 9.17) is 0 Å². The highest BCUT2D eigenvalue weighted by atomic mass is 32.2. The number of rotatable bonds is 5. The van der Waals surface area contributed by atoms with Crippen molar-refractivity contribution in [2.24, 2.45) is 0 Å². The minimum Gasteiger partial charge on any atom is -0.300 e. The van der Waals surface area contributed by atoms with E-state index in [-0.39, 0.29) is 24.3 Å². The molecule has 1 N–H and O–H groups in total. The molecular weight excluding hydrogens is 243 g/mol. The summed E-state index contributed by atoms with van der Waals surface area (Å²) < 4.78 is 60.2. The van der Waals surface area contributed by atoms with E-state index in [1.807, 2.05) is 0 Å². The van der Waals surface area contributed by atoms with Crippen LogP contribution in [0.5, 0.6) is 0 Å². The highest BCUT2D eigenvalue weighted by Gasteiger charge is 2.63. The van der Waals surface area contributed by atoms with Crippen molar-refractivity contribution in [3.63, 3.8) is 0 Å². The fraction of sp³-hybridized carbons (Fsp3) is 1.00. The number of sulfone groups is 1. The summed E-state index contributed by atoms with van der Waals surface area (Å²) in [5.41, 5.74) is -1.84. The van der Waals surface area contributed by atoms with Gasteiger partial charge in [-0.15, -0.1) is 0 Å². The average molecular weight is 259 g/mol. The van der Waals surface area contributed by atoms with Gasteiger partial charge in [-0.05, 0) is 19.8 Å². The number of halogens is 3. The summed E-state index contributed by atoms with van der Waals surface area (Å²) in [4.78, 5) is 0. The zero-order valence-electron chi connectivity index (χ0n) is 9.26. The maximum atomic E-state index is 12.6. The normalized spacial score (nSPS) is 21.8. The Morgan fingerprint density at radius 3 is 2.19 bits per heavy atom. The summed E-state index contributed by atoms with van der Waals surface area (Å²) >= 11 is 0. The molecule has 1 aliphatic rings. The number of hydrogen-bond donors (Lipinski definition) is 1. The summed E-state index contributed by atoms with van der Waals surface area (Å²) in [6.45, 7) is 2.96. The molecule has 0 heterocycles. The highest BCUT2D eigenvalue weighted by molar-refractivity contribution is 7.91. The predicted molar refractivity (Wildman–Crippen MR) is 54.9 cm³/mol. The molecule has 0 aromatic rings. The van der Waals surface area contributed by atoms with E-state index in [9.17, 15) is 21.6 Å². The standard InChI is InChI=1S/C9H16F3NO2S/c1-3-16(14,15)6-7(2)13-8(4-5-8)9(10,11)12/h7,13H,3-6H2,1-2H3. The Morgan fingerprint density at radius 1 is 1.38 bits per heavy atom. The Bertz CT molecular complexity index is 346. The van der Waals surface area contributed by atoms with Crippen LogP contribution in [-0.4, -0.2) is 37.7 Å². The van der Waals surface area contributed by atoms with E-state index < -0.39 is 27.6 Å². The lowest BCUT2D eigenvalue weighted by molar-refractivity contribution is -0.167. The molecule has 96 valence electrons. The molecule has 1 fully saturated rings. The summed E-state index contributed by atoms with van der Waals surface area (Å²) in [5, 5.41) is 2.39. The third kappa shape index (κ3) is 3.10. The first kappa shape index (κ1) is 13.8. The van der Waals surface area contributed by atoms with E-state index in [0.29, 0.717) is 0 Å². The van der Waals surface area contributed by atoms with Gasteiger partial charge in [0.25, 0.3) is 0 Å². The Hall–Kier alpha value is -0.300. The van der Waals surface area contributed by atoms with Gasteiger partial charge >= 0.3 is 6.18 Å². The minimum absolute atomic E-state index is 0.0347. The van der Waals surface area contributed by atoms with E-state index >= 15 is 0 Å². The largest absolute Gasteiger partial charge is 0.406 e. The lowest BCUT2D eigenvalue weighted by Crippen LogP contribution is -2.50. The number of nitrogens with one attached hydrogen (secondary N) is 1. The molecule has 0 saturated heterocycles. The van der Waals surface area contributed by atoms with Crippen molar-refractivity contribution in [1.82, 2.24) is 5.32 Å². The van der Waals surface area contributed by atoms with Gasteiger partial charge in [0.2, 0.25) is 0 Å². The zero-order chi connectivity index (χ0) is 12.6. The molecule has 0 amide bonds. The van der Waals surface area contributed by atoms with E-state index in [1.54, 1.807) is 0 Å². The van der Waals surface area contributed by atoms with Crippen molar-refractivity contribution in [2.45, 2.75) is 44.4 Å². The van der Waals surface area contributed by atoms with Crippen LogP contribution in [-0.2, 0) is 9.84 Å². The molecule has 0 spiro atoms. The van der Waals surface area contributed by atoms with Crippen LogP contribution in [0.15, 0.2) is 0 Å². The SMILES string of the molecule is CCS(=O)(=O)CC(C)NC1(C(F)(F)F)CC1. The van der Waals surface area contributed by atoms with Crippen molar-refractivity contribution >= 4 is 9.84 Å². The van der Waals surface area contributed by atoms with Gasteiger partial charge in [-0.3, -0.25) is 0 Å². The maximum Gasteiger partial charge on any atom is 0.406 e. The first-order valence-electron chi connectivity index (χ1n) is 5.17. The van der Waals surface area contributed by atoms with Crippen molar-refractivity contribution in [1.29, 1.82) is 0 Å². The van der Waals surface area contributed by atoms with Crippen LogP contribution < -0.4 is 5.32 Å². The molecule has 7 heteroatoms. The molecule has 1 atom stereocenters. The van der Waals surface area contributed by atoms with Crippen molar-refractivity contribution in [3.05, 3.63) is 0 Å². The van der Waals surface area contributed by atoms with Crippen molar-refractivity contribution in [3.8, 4) is 0 Å². The Balaban J connectivity index is 2.57. The van der Waals surface area contributed by atoms with Gasteiger partial charge in [0.1, 0.15) is 5.54 Å². The van der Waals surface area contributed by atoms with Crippen LogP contribution in [0.2, 0.25) is 0 Å². The van der Waals surface area contributed by atoms with Gasteiger partial charge in [0.05, 0.1) is 5.75 Å². The molecule has 1 saturated carbocycles. The summed E-state index contributed by atoms with van der Waals surface area (Å²) in [7, 11) is -3.24. The summed E-state index contributed by atoms with van der Waals surface area (Å²) in [5.74, 6) is -0.292. The number of alkyl halides is 3. The van der Waals surface area contributed by atoms with Crippen LogP contribution in [0.1, 0.15) is 26.7 Å². The first-order chi connectivity index (χ1) is 7.12. The molecule has 3 nitrogen and oxygen atoms in total. The van der Waals surface area contributed by atoms with E-state index in [1.165, 1.54) is 13.8 Å². The highest BCUT2D eigenvalue weighted by Crippen LogP contribution is 2.49. The third-order valence-corrected chi connectivity index (χ3v) is 4.65. The van der Waals surface area contributed by atoms with Gasteiger partial charge < -0.3 is 5.32 Å². The third-order valence-electron chi connectivity index (χ3n) is 2.76. The molecule has 0 radical (unpaired) electrons. The molecule has 1 rings (SSSR count). The molecule has 0 aromatic heterocycles. The molecule has 1 aliphatic carbocycles. The van der Waals surface area contributed by atoms with Crippen LogP contribution in [0.25, 0.3) is 0 Å². The summed E-state index contributed by atoms with van der Waals surface area (Å²) in [6, 6.07) is -0.672. The molecule has 1 unspecified atom stereocenters. The molecule has 0 aliphatic heterocycles. The van der Waals surface area contributed by atoms with Gasteiger partial charge in [-0.1, -0.05) is 6.92 Å². The summed E-state index contributed by atoms with van der Waals surface area (Å²) in [6.07, 6.45) is -4.22. The zero-order valence-corrected chi connectivity index (χ0v) is 10.1. The quantitative estimate of drug-likeness (QED) is 0.813. The van der Waals surface area contributed by atoms with Crippen LogP contribution in [0.3, 0.4) is 0 Å². The van der Waals surface area contributed by atoms with Crippen molar-refractivity contribution in [2.75, 3.05) is 11.5 Å². The molecule has 0 aromatic carbocycles. The number of hydrogen-bond acceptors (Lipinski definition) is 3. The van der Waals surface area contributed by atoms with Crippen molar-refractivity contribution < 1.29 is 21.6 Å². The van der Waals surface area contributed by atoms with E-state index in [2.05, 4.69) is 5.32 Å². The average Bonchev–Trinajstić information content (AvgIpc) is 2.83.